The first kappa shape index (κ1) is 17.6. The van der Waals surface area contributed by atoms with Crippen LogP contribution in [0.1, 0.15) is 31.0 Å². The minimum atomic E-state index is -0.236. The van der Waals surface area contributed by atoms with E-state index in [2.05, 4.69) is 15.6 Å². The van der Waals surface area contributed by atoms with Gasteiger partial charge in [-0.1, -0.05) is 18.2 Å². The fourth-order valence-electron chi connectivity index (χ4n) is 2.19. The molecule has 0 unspecified atom stereocenters. The average Bonchev–Trinajstić information content (AvgIpc) is 2.61. The van der Waals surface area contributed by atoms with Gasteiger partial charge in [-0.25, -0.2) is 9.78 Å². The second-order valence-electron chi connectivity index (χ2n) is 5.26. The van der Waals surface area contributed by atoms with Crippen molar-refractivity contribution in [1.82, 2.24) is 15.6 Å². The molecule has 24 heavy (non-hydrogen) atoms. The molecule has 0 spiro atoms. The number of hydrogen-bond acceptors (Lipinski definition) is 4. The highest BCUT2D eigenvalue weighted by molar-refractivity contribution is 5.74. The summed E-state index contributed by atoms with van der Waals surface area (Å²) in [5.74, 6) is 1.35. The molecule has 0 saturated carbocycles. The Bertz CT molecular complexity index is 659. The van der Waals surface area contributed by atoms with E-state index in [0.29, 0.717) is 19.0 Å². The number of nitrogens with one attached hydrogen (secondary N) is 2. The highest BCUT2D eigenvalue weighted by atomic mass is 16.5. The number of pyridine rings is 1. The molecule has 6 heteroatoms. The maximum atomic E-state index is 12.0. The van der Waals surface area contributed by atoms with Crippen LogP contribution in [-0.4, -0.2) is 24.7 Å². The van der Waals surface area contributed by atoms with Crippen molar-refractivity contribution in [2.75, 3.05) is 13.7 Å². The van der Waals surface area contributed by atoms with E-state index in [9.17, 15) is 4.79 Å². The van der Waals surface area contributed by atoms with Gasteiger partial charge < -0.3 is 20.1 Å². The Hall–Kier alpha value is -2.76. The number of amides is 2. The second-order valence-corrected chi connectivity index (χ2v) is 5.26. The molecule has 1 aromatic carbocycles. The van der Waals surface area contributed by atoms with Crippen molar-refractivity contribution in [2.45, 2.75) is 26.4 Å². The number of urea groups is 1. The Morgan fingerprint density at radius 3 is 2.79 bits per heavy atom. The number of carbonyl (C=O) groups excluding carboxylic acids is 1. The number of rotatable bonds is 7. The van der Waals surface area contributed by atoms with Gasteiger partial charge in [0.1, 0.15) is 5.75 Å². The fraction of sp³-hybridized carbons (Fsp3) is 0.333. The summed E-state index contributed by atoms with van der Waals surface area (Å²) in [5.41, 5.74) is 1.89. The van der Waals surface area contributed by atoms with Gasteiger partial charge in [0.05, 0.1) is 19.8 Å². The summed E-state index contributed by atoms with van der Waals surface area (Å²) in [6, 6.07) is 11.0. The third-order valence-corrected chi connectivity index (χ3v) is 3.48. The lowest BCUT2D eigenvalue weighted by atomic mass is 10.1. The first-order chi connectivity index (χ1) is 11.6. The number of ether oxygens (including phenoxy) is 2. The number of methoxy groups -OCH3 is 1. The summed E-state index contributed by atoms with van der Waals surface area (Å²) in [6.07, 6.45) is 1.67. The lowest BCUT2D eigenvalue weighted by Crippen LogP contribution is -2.36. The molecule has 0 aliphatic rings. The number of benzene rings is 1. The molecule has 1 atom stereocenters. The number of hydrogen-bond donors (Lipinski definition) is 2. The topological polar surface area (TPSA) is 72.5 Å². The lowest BCUT2D eigenvalue weighted by molar-refractivity contribution is 0.237. The second kappa shape index (κ2) is 8.76. The van der Waals surface area contributed by atoms with Crippen LogP contribution in [0.2, 0.25) is 0 Å². The van der Waals surface area contributed by atoms with E-state index in [1.165, 1.54) is 0 Å². The van der Waals surface area contributed by atoms with Crippen LogP contribution >= 0.6 is 0 Å². The summed E-state index contributed by atoms with van der Waals surface area (Å²) in [5, 5.41) is 5.72. The van der Waals surface area contributed by atoms with E-state index >= 15 is 0 Å². The molecular weight excluding hydrogens is 306 g/mol. The average molecular weight is 329 g/mol. The predicted molar refractivity (Wildman–Crippen MR) is 92.2 cm³/mol. The van der Waals surface area contributed by atoms with Crippen LogP contribution in [0.3, 0.4) is 0 Å². The molecule has 1 heterocycles. The van der Waals surface area contributed by atoms with Gasteiger partial charge in [0.25, 0.3) is 0 Å². The summed E-state index contributed by atoms with van der Waals surface area (Å²) in [7, 11) is 1.57. The molecule has 0 aliphatic heterocycles. The zero-order valence-electron chi connectivity index (χ0n) is 14.2. The number of carbonyl (C=O) groups is 1. The molecule has 128 valence electrons. The molecule has 2 amide bonds. The maximum absolute atomic E-state index is 12.0. The van der Waals surface area contributed by atoms with E-state index in [0.717, 1.165) is 16.9 Å². The van der Waals surface area contributed by atoms with Crippen molar-refractivity contribution < 1.29 is 14.3 Å². The largest absolute Gasteiger partial charge is 0.494 e. The monoisotopic (exact) mass is 329 g/mol. The van der Waals surface area contributed by atoms with Crippen molar-refractivity contribution >= 4 is 6.03 Å². The van der Waals surface area contributed by atoms with Crippen molar-refractivity contribution in [3.05, 3.63) is 53.7 Å². The molecule has 2 aromatic rings. The van der Waals surface area contributed by atoms with Gasteiger partial charge in [-0.15, -0.1) is 0 Å². The summed E-state index contributed by atoms with van der Waals surface area (Å²) >= 11 is 0. The standard InChI is InChI=1S/C18H23N3O3/c1-4-24-16-7-5-6-15(10-16)13(2)21-18(22)20-12-14-8-9-17(23-3)19-11-14/h5-11,13H,4,12H2,1-3H3,(H2,20,21,22)/t13-/m0/s1. The summed E-state index contributed by atoms with van der Waals surface area (Å²) < 4.78 is 10.5. The zero-order valence-corrected chi connectivity index (χ0v) is 14.2. The van der Waals surface area contributed by atoms with Crippen LogP contribution in [-0.2, 0) is 6.54 Å². The third kappa shape index (κ3) is 5.15. The number of aromatic nitrogens is 1. The molecule has 0 saturated heterocycles. The van der Waals surface area contributed by atoms with Gasteiger partial charge in [0.15, 0.2) is 0 Å². The van der Waals surface area contributed by atoms with Gasteiger partial charge in [0.2, 0.25) is 5.88 Å². The Balaban J connectivity index is 1.85. The van der Waals surface area contributed by atoms with Crippen molar-refractivity contribution in [3.63, 3.8) is 0 Å². The Labute approximate surface area is 142 Å². The Morgan fingerprint density at radius 2 is 2.12 bits per heavy atom. The summed E-state index contributed by atoms with van der Waals surface area (Å²) in [6.45, 7) is 4.88. The molecule has 0 aliphatic carbocycles. The van der Waals surface area contributed by atoms with E-state index < -0.39 is 0 Å². The van der Waals surface area contributed by atoms with Gasteiger partial charge in [-0.3, -0.25) is 0 Å². The SMILES string of the molecule is CCOc1cccc([C@H](C)NC(=O)NCc2ccc(OC)nc2)c1. The van der Waals surface area contributed by atoms with Crippen LogP contribution in [0.15, 0.2) is 42.6 Å². The molecule has 6 nitrogen and oxygen atoms in total. The van der Waals surface area contributed by atoms with E-state index in [1.807, 2.05) is 44.2 Å². The first-order valence-corrected chi connectivity index (χ1v) is 7.88. The number of nitrogens with zero attached hydrogens (tertiary/aromatic N) is 1. The molecule has 2 N–H and O–H groups in total. The lowest BCUT2D eigenvalue weighted by Gasteiger charge is -2.16. The smallest absolute Gasteiger partial charge is 0.315 e. The van der Waals surface area contributed by atoms with Crippen LogP contribution in [0.25, 0.3) is 0 Å². The Morgan fingerprint density at radius 1 is 1.29 bits per heavy atom. The van der Waals surface area contributed by atoms with Gasteiger partial charge in [-0.05, 0) is 37.1 Å². The molecular formula is C18H23N3O3. The summed E-state index contributed by atoms with van der Waals surface area (Å²) in [4.78, 5) is 16.1. The molecule has 0 radical (unpaired) electrons. The third-order valence-electron chi connectivity index (χ3n) is 3.48. The van der Waals surface area contributed by atoms with E-state index in [1.54, 1.807) is 19.4 Å². The molecule has 0 fully saturated rings. The first-order valence-electron chi connectivity index (χ1n) is 7.88. The van der Waals surface area contributed by atoms with Crippen molar-refractivity contribution in [1.29, 1.82) is 0 Å². The van der Waals surface area contributed by atoms with Crippen molar-refractivity contribution in [2.24, 2.45) is 0 Å². The highest BCUT2D eigenvalue weighted by Gasteiger charge is 2.10. The van der Waals surface area contributed by atoms with E-state index in [-0.39, 0.29) is 12.1 Å². The minimum absolute atomic E-state index is 0.126. The molecule has 0 bridgehead atoms. The van der Waals surface area contributed by atoms with Crippen LogP contribution in [0.5, 0.6) is 11.6 Å². The Kier molecular flexibility index (Phi) is 6.42. The quantitative estimate of drug-likeness (QED) is 0.819. The van der Waals surface area contributed by atoms with Gasteiger partial charge in [0, 0.05) is 18.8 Å². The van der Waals surface area contributed by atoms with Crippen molar-refractivity contribution in [3.8, 4) is 11.6 Å². The normalized spacial score (nSPS) is 11.5. The van der Waals surface area contributed by atoms with Gasteiger partial charge >= 0.3 is 6.03 Å². The van der Waals surface area contributed by atoms with Crippen LogP contribution in [0, 0.1) is 0 Å². The van der Waals surface area contributed by atoms with E-state index in [4.69, 9.17) is 9.47 Å². The van der Waals surface area contributed by atoms with Gasteiger partial charge in [-0.2, -0.15) is 0 Å². The van der Waals surface area contributed by atoms with Crippen LogP contribution < -0.4 is 20.1 Å². The minimum Gasteiger partial charge on any atom is -0.494 e. The molecule has 2 rings (SSSR count). The fourth-order valence-corrected chi connectivity index (χ4v) is 2.19. The predicted octanol–water partition coefficient (Wildman–Crippen LogP) is 3.05. The molecule has 1 aromatic heterocycles. The maximum Gasteiger partial charge on any atom is 0.315 e. The zero-order chi connectivity index (χ0) is 17.4. The van der Waals surface area contributed by atoms with Crippen LogP contribution in [0.4, 0.5) is 4.79 Å². The highest BCUT2D eigenvalue weighted by Crippen LogP contribution is 2.19.